The molecule has 114 valence electrons. The van der Waals surface area contributed by atoms with Gasteiger partial charge in [-0.25, -0.2) is 0 Å². The van der Waals surface area contributed by atoms with E-state index < -0.39 is 0 Å². The van der Waals surface area contributed by atoms with Gasteiger partial charge >= 0.3 is 0 Å². The highest BCUT2D eigenvalue weighted by Crippen LogP contribution is 2.48. The number of hydrogen-bond acceptors (Lipinski definition) is 2. The van der Waals surface area contributed by atoms with Crippen molar-refractivity contribution in [2.45, 2.75) is 50.0 Å². The van der Waals surface area contributed by atoms with Crippen molar-refractivity contribution in [3.63, 3.8) is 0 Å². The van der Waals surface area contributed by atoms with Crippen LogP contribution in [0.4, 0.5) is 0 Å². The zero-order valence-corrected chi connectivity index (χ0v) is 13.8. The fourth-order valence-electron chi connectivity index (χ4n) is 3.16. The van der Waals surface area contributed by atoms with Crippen LogP contribution in [0, 0.1) is 0 Å². The summed E-state index contributed by atoms with van der Waals surface area (Å²) in [7, 11) is 0. The standard InChI is InChI=1S/C17H22BrNO2/c18-14-7-5-13(6-8-14)17(9-10-17)16(20)19-11-12-21-15-3-1-2-4-15/h5-8,15H,1-4,9-12H2,(H,19,20). The second-order valence-electron chi connectivity index (χ2n) is 6.12. The van der Waals surface area contributed by atoms with Crippen LogP contribution in [0.25, 0.3) is 0 Å². The molecule has 2 fully saturated rings. The molecule has 1 N–H and O–H groups in total. The second-order valence-corrected chi connectivity index (χ2v) is 7.04. The summed E-state index contributed by atoms with van der Waals surface area (Å²) in [6, 6.07) is 8.11. The van der Waals surface area contributed by atoms with Gasteiger partial charge in [0.2, 0.25) is 5.91 Å². The molecule has 0 radical (unpaired) electrons. The third-order valence-electron chi connectivity index (χ3n) is 4.62. The number of amides is 1. The minimum atomic E-state index is -0.284. The summed E-state index contributed by atoms with van der Waals surface area (Å²) in [5.74, 6) is 0.153. The number of ether oxygens (including phenoxy) is 1. The van der Waals surface area contributed by atoms with Gasteiger partial charge in [0.15, 0.2) is 0 Å². The van der Waals surface area contributed by atoms with Crippen LogP contribution >= 0.6 is 15.9 Å². The molecule has 4 heteroatoms. The van der Waals surface area contributed by atoms with Crippen LogP contribution in [0.2, 0.25) is 0 Å². The molecule has 21 heavy (non-hydrogen) atoms. The quantitative estimate of drug-likeness (QED) is 0.795. The Balaban J connectivity index is 1.47. The normalized spacial score (nSPS) is 20.4. The highest BCUT2D eigenvalue weighted by atomic mass is 79.9. The van der Waals surface area contributed by atoms with Gasteiger partial charge < -0.3 is 10.1 Å². The molecule has 0 spiro atoms. The molecule has 1 amide bonds. The van der Waals surface area contributed by atoms with Crippen LogP contribution in [0.5, 0.6) is 0 Å². The lowest BCUT2D eigenvalue weighted by Crippen LogP contribution is -2.37. The Labute approximate surface area is 134 Å². The van der Waals surface area contributed by atoms with E-state index in [1.807, 2.05) is 24.3 Å². The van der Waals surface area contributed by atoms with Gasteiger partial charge in [-0.1, -0.05) is 40.9 Å². The Morgan fingerprint density at radius 3 is 2.52 bits per heavy atom. The molecule has 1 aromatic rings. The van der Waals surface area contributed by atoms with Crippen LogP contribution in [0.3, 0.4) is 0 Å². The molecule has 0 heterocycles. The Morgan fingerprint density at radius 2 is 1.90 bits per heavy atom. The van der Waals surface area contributed by atoms with E-state index in [9.17, 15) is 4.79 Å². The van der Waals surface area contributed by atoms with Crippen molar-refractivity contribution >= 4 is 21.8 Å². The molecule has 0 saturated heterocycles. The van der Waals surface area contributed by atoms with E-state index in [0.29, 0.717) is 19.3 Å². The Morgan fingerprint density at radius 1 is 1.24 bits per heavy atom. The Bertz CT molecular complexity index is 490. The summed E-state index contributed by atoms with van der Waals surface area (Å²) in [6.45, 7) is 1.25. The maximum atomic E-state index is 12.4. The van der Waals surface area contributed by atoms with Crippen LogP contribution in [0.15, 0.2) is 28.7 Å². The van der Waals surface area contributed by atoms with E-state index in [1.54, 1.807) is 0 Å². The molecular weight excluding hydrogens is 330 g/mol. The van der Waals surface area contributed by atoms with Gasteiger partial charge in [-0.05, 0) is 43.4 Å². The average molecular weight is 352 g/mol. The summed E-state index contributed by atoms with van der Waals surface area (Å²) >= 11 is 3.44. The van der Waals surface area contributed by atoms with E-state index in [4.69, 9.17) is 4.74 Å². The van der Waals surface area contributed by atoms with E-state index in [0.717, 1.165) is 22.9 Å². The third kappa shape index (κ3) is 3.49. The molecular formula is C17H22BrNO2. The first-order valence-electron chi connectivity index (χ1n) is 7.87. The number of halogens is 1. The van der Waals surface area contributed by atoms with Crippen LogP contribution in [-0.2, 0) is 14.9 Å². The molecule has 0 bridgehead atoms. The minimum Gasteiger partial charge on any atom is -0.376 e. The fraction of sp³-hybridized carbons (Fsp3) is 0.588. The summed E-state index contributed by atoms with van der Waals surface area (Å²) in [5, 5.41) is 3.05. The molecule has 0 atom stereocenters. The van der Waals surface area contributed by atoms with Gasteiger partial charge in [0.25, 0.3) is 0 Å². The van der Waals surface area contributed by atoms with Crippen molar-refractivity contribution < 1.29 is 9.53 Å². The number of carbonyl (C=O) groups is 1. The van der Waals surface area contributed by atoms with Crippen molar-refractivity contribution in [2.24, 2.45) is 0 Å². The van der Waals surface area contributed by atoms with Crippen LogP contribution in [-0.4, -0.2) is 25.2 Å². The first-order valence-corrected chi connectivity index (χ1v) is 8.66. The van der Waals surface area contributed by atoms with Crippen molar-refractivity contribution in [3.8, 4) is 0 Å². The van der Waals surface area contributed by atoms with E-state index in [-0.39, 0.29) is 11.3 Å². The van der Waals surface area contributed by atoms with E-state index in [2.05, 4.69) is 21.2 Å². The second kappa shape index (κ2) is 6.49. The predicted octanol–water partition coefficient (Wildman–Crippen LogP) is 3.56. The molecule has 0 aliphatic heterocycles. The highest BCUT2D eigenvalue weighted by molar-refractivity contribution is 9.10. The Kier molecular flexibility index (Phi) is 4.65. The summed E-state index contributed by atoms with van der Waals surface area (Å²) in [4.78, 5) is 12.4. The molecule has 1 aromatic carbocycles. The monoisotopic (exact) mass is 351 g/mol. The lowest BCUT2D eigenvalue weighted by atomic mass is 9.95. The molecule has 2 aliphatic carbocycles. The van der Waals surface area contributed by atoms with Crippen molar-refractivity contribution in [1.29, 1.82) is 0 Å². The minimum absolute atomic E-state index is 0.153. The van der Waals surface area contributed by atoms with Crippen molar-refractivity contribution in [2.75, 3.05) is 13.2 Å². The molecule has 3 nitrogen and oxygen atoms in total. The number of benzene rings is 1. The Hall–Kier alpha value is -0.870. The smallest absolute Gasteiger partial charge is 0.230 e. The van der Waals surface area contributed by atoms with Gasteiger partial charge in [-0.3, -0.25) is 4.79 Å². The molecule has 0 unspecified atom stereocenters. The van der Waals surface area contributed by atoms with Crippen LogP contribution < -0.4 is 5.32 Å². The first kappa shape index (κ1) is 15.0. The molecule has 3 rings (SSSR count). The SMILES string of the molecule is O=C(NCCOC1CCCC1)C1(c2ccc(Br)cc2)CC1. The lowest BCUT2D eigenvalue weighted by molar-refractivity contribution is -0.123. The van der Waals surface area contributed by atoms with Crippen LogP contribution in [0.1, 0.15) is 44.1 Å². The highest BCUT2D eigenvalue weighted by Gasteiger charge is 2.50. The molecule has 2 aliphatic rings. The number of rotatable bonds is 6. The van der Waals surface area contributed by atoms with Gasteiger partial charge in [-0.15, -0.1) is 0 Å². The largest absolute Gasteiger partial charge is 0.376 e. The predicted molar refractivity (Wildman–Crippen MR) is 86.3 cm³/mol. The average Bonchev–Trinajstić information content (AvgIpc) is 3.14. The third-order valence-corrected chi connectivity index (χ3v) is 5.15. The number of hydrogen-bond donors (Lipinski definition) is 1. The van der Waals surface area contributed by atoms with Gasteiger partial charge in [-0.2, -0.15) is 0 Å². The first-order chi connectivity index (χ1) is 10.2. The van der Waals surface area contributed by atoms with E-state index in [1.165, 1.54) is 25.7 Å². The summed E-state index contributed by atoms with van der Waals surface area (Å²) in [6.07, 6.45) is 7.23. The summed E-state index contributed by atoms with van der Waals surface area (Å²) < 4.78 is 6.84. The zero-order valence-electron chi connectivity index (χ0n) is 12.2. The zero-order chi connectivity index (χ0) is 14.7. The lowest BCUT2D eigenvalue weighted by Gasteiger charge is -2.17. The maximum absolute atomic E-state index is 12.4. The van der Waals surface area contributed by atoms with Gasteiger partial charge in [0, 0.05) is 11.0 Å². The van der Waals surface area contributed by atoms with E-state index >= 15 is 0 Å². The maximum Gasteiger partial charge on any atom is 0.230 e. The summed E-state index contributed by atoms with van der Waals surface area (Å²) in [5.41, 5.74) is 0.841. The van der Waals surface area contributed by atoms with Gasteiger partial charge in [0.05, 0.1) is 18.1 Å². The molecule has 0 aromatic heterocycles. The van der Waals surface area contributed by atoms with Crippen molar-refractivity contribution in [3.05, 3.63) is 34.3 Å². The van der Waals surface area contributed by atoms with Gasteiger partial charge in [0.1, 0.15) is 0 Å². The number of carbonyl (C=O) groups excluding carboxylic acids is 1. The fourth-order valence-corrected chi connectivity index (χ4v) is 3.42. The molecule has 2 saturated carbocycles. The number of nitrogens with one attached hydrogen (secondary N) is 1. The van der Waals surface area contributed by atoms with Crippen molar-refractivity contribution in [1.82, 2.24) is 5.32 Å². The topological polar surface area (TPSA) is 38.3 Å².